The van der Waals surface area contributed by atoms with Crippen LogP contribution in [0.5, 0.6) is 5.75 Å². The van der Waals surface area contributed by atoms with E-state index in [1.165, 1.54) is 12.7 Å². The van der Waals surface area contributed by atoms with Crippen LogP contribution in [0.15, 0.2) is 18.2 Å². The third kappa shape index (κ3) is 2.62. The summed E-state index contributed by atoms with van der Waals surface area (Å²) in [5.41, 5.74) is 8.58. The predicted octanol–water partition coefficient (Wildman–Crippen LogP) is 1.53. The van der Waals surface area contributed by atoms with Crippen LogP contribution in [0.3, 0.4) is 0 Å². The fourth-order valence-electron chi connectivity index (χ4n) is 2.14. The van der Waals surface area contributed by atoms with Gasteiger partial charge < -0.3 is 15.2 Å². The maximum absolute atomic E-state index is 11.1. The van der Waals surface area contributed by atoms with E-state index in [0.29, 0.717) is 5.75 Å². The van der Waals surface area contributed by atoms with Gasteiger partial charge in [0.15, 0.2) is 0 Å². The molecule has 0 heterocycles. The van der Waals surface area contributed by atoms with Gasteiger partial charge in [-0.25, -0.2) is 0 Å². The molecule has 2 rings (SSSR count). The summed E-state index contributed by atoms with van der Waals surface area (Å²) in [4.78, 5) is 11.1. The van der Waals surface area contributed by atoms with Crippen LogP contribution in [0, 0.1) is 0 Å². The van der Waals surface area contributed by atoms with Gasteiger partial charge in [0.05, 0.1) is 20.0 Å². The van der Waals surface area contributed by atoms with Crippen molar-refractivity contribution in [3.8, 4) is 5.75 Å². The molecule has 4 nitrogen and oxygen atoms in total. The van der Waals surface area contributed by atoms with Gasteiger partial charge in [-0.2, -0.15) is 0 Å². The zero-order valence-electron chi connectivity index (χ0n) is 10.5. The van der Waals surface area contributed by atoms with Crippen LogP contribution >= 0.6 is 11.8 Å². The average Bonchev–Trinajstić information content (AvgIpc) is 2.72. The summed E-state index contributed by atoms with van der Waals surface area (Å²) in [5, 5.41) is 0.228. The molecule has 2 atom stereocenters. The van der Waals surface area contributed by atoms with Crippen molar-refractivity contribution < 1.29 is 14.3 Å². The number of fused-ring (bicyclic) bond motifs is 1. The van der Waals surface area contributed by atoms with Gasteiger partial charge in [0.1, 0.15) is 5.75 Å². The molecule has 0 aromatic heterocycles. The molecule has 2 unspecified atom stereocenters. The first-order valence-corrected chi connectivity index (χ1v) is 6.81. The minimum Gasteiger partial charge on any atom is -0.497 e. The normalized spacial score (nSPS) is 21.5. The van der Waals surface area contributed by atoms with Crippen molar-refractivity contribution >= 4 is 17.7 Å². The van der Waals surface area contributed by atoms with Crippen LogP contribution < -0.4 is 10.5 Å². The molecule has 18 heavy (non-hydrogen) atoms. The summed E-state index contributed by atoms with van der Waals surface area (Å²) < 4.78 is 9.84. The van der Waals surface area contributed by atoms with E-state index in [-0.39, 0.29) is 17.3 Å². The number of ether oxygens (including phenoxy) is 2. The van der Waals surface area contributed by atoms with Crippen molar-refractivity contribution in [3.63, 3.8) is 0 Å². The Morgan fingerprint density at radius 2 is 2.28 bits per heavy atom. The first-order valence-electron chi connectivity index (χ1n) is 5.76. The van der Waals surface area contributed by atoms with Crippen LogP contribution in [-0.2, 0) is 16.0 Å². The highest BCUT2D eigenvalue weighted by Crippen LogP contribution is 2.38. The number of methoxy groups -OCH3 is 2. The van der Waals surface area contributed by atoms with Crippen molar-refractivity contribution in [2.24, 2.45) is 5.73 Å². The number of thioether (sulfide) groups is 1. The Bertz CT molecular complexity index is 450. The second kappa shape index (κ2) is 5.63. The van der Waals surface area contributed by atoms with E-state index in [0.717, 1.165) is 17.7 Å². The fourth-order valence-corrected chi connectivity index (χ4v) is 3.26. The second-order valence-corrected chi connectivity index (χ2v) is 5.45. The summed E-state index contributed by atoms with van der Waals surface area (Å²) in [7, 11) is 3.04. The monoisotopic (exact) mass is 267 g/mol. The Morgan fingerprint density at radius 1 is 1.50 bits per heavy atom. The van der Waals surface area contributed by atoms with E-state index >= 15 is 0 Å². The molecule has 0 saturated carbocycles. The Balaban J connectivity index is 2.05. The largest absolute Gasteiger partial charge is 0.497 e. The molecule has 5 heteroatoms. The lowest BCUT2D eigenvalue weighted by Crippen LogP contribution is -2.21. The number of esters is 1. The topological polar surface area (TPSA) is 61.5 Å². The number of rotatable bonds is 4. The molecule has 1 aliphatic rings. The Labute approximate surface area is 111 Å². The molecule has 1 aromatic rings. The van der Waals surface area contributed by atoms with Crippen LogP contribution in [-0.4, -0.2) is 31.2 Å². The minimum atomic E-state index is -0.208. The van der Waals surface area contributed by atoms with Gasteiger partial charge in [-0.3, -0.25) is 4.79 Å². The molecule has 1 aromatic carbocycles. The lowest BCUT2D eigenvalue weighted by atomic mass is 10.1. The van der Waals surface area contributed by atoms with Crippen molar-refractivity contribution in [2.45, 2.75) is 17.7 Å². The number of carbonyl (C=O) groups is 1. The SMILES string of the molecule is COC(=O)CSC1Cc2ccc(OC)cc2C1N. The number of hydrogen-bond acceptors (Lipinski definition) is 5. The molecule has 0 aliphatic heterocycles. The maximum atomic E-state index is 11.1. The van der Waals surface area contributed by atoms with Crippen molar-refractivity contribution in [1.82, 2.24) is 0 Å². The molecule has 2 N–H and O–H groups in total. The van der Waals surface area contributed by atoms with Gasteiger partial charge in [-0.15, -0.1) is 11.8 Å². The first-order chi connectivity index (χ1) is 8.65. The van der Waals surface area contributed by atoms with Gasteiger partial charge >= 0.3 is 5.97 Å². The fraction of sp³-hybridized carbons (Fsp3) is 0.462. The number of carbonyl (C=O) groups excluding carboxylic acids is 1. The van der Waals surface area contributed by atoms with Crippen LogP contribution in [0.4, 0.5) is 0 Å². The van der Waals surface area contributed by atoms with Crippen LogP contribution in [0.2, 0.25) is 0 Å². The Hall–Kier alpha value is -1.20. The van der Waals surface area contributed by atoms with E-state index in [1.807, 2.05) is 18.2 Å². The number of nitrogens with two attached hydrogens (primary N) is 1. The maximum Gasteiger partial charge on any atom is 0.315 e. The summed E-state index contributed by atoms with van der Waals surface area (Å²) in [5.74, 6) is 0.962. The average molecular weight is 267 g/mol. The van der Waals surface area contributed by atoms with E-state index in [4.69, 9.17) is 10.5 Å². The first kappa shape index (κ1) is 13.2. The third-order valence-corrected chi connectivity index (χ3v) is 4.47. The van der Waals surface area contributed by atoms with Crippen molar-refractivity contribution in [1.29, 1.82) is 0 Å². The second-order valence-electron chi connectivity index (χ2n) is 4.22. The van der Waals surface area contributed by atoms with Crippen molar-refractivity contribution in [2.75, 3.05) is 20.0 Å². The smallest absolute Gasteiger partial charge is 0.315 e. The molecule has 0 spiro atoms. The zero-order chi connectivity index (χ0) is 13.1. The Kier molecular flexibility index (Phi) is 4.14. The molecular weight excluding hydrogens is 250 g/mol. The molecule has 0 bridgehead atoms. The third-order valence-electron chi connectivity index (χ3n) is 3.18. The summed E-state index contributed by atoms with van der Waals surface area (Å²) >= 11 is 1.55. The minimum absolute atomic E-state index is 0.0512. The molecule has 1 aliphatic carbocycles. The van der Waals surface area contributed by atoms with E-state index < -0.39 is 0 Å². The van der Waals surface area contributed by atoms with Gasteiger partial charge in [0.2, 0.25) is 0 Å². The van der Waals surface area contributed by atoms with Gasteiger partial charge in [-0.1, -0.05) is 6.07 Å². The summed E-state index contributed by atoms with van der Waals surface area (Å²) in [6.45, 7) is 0. The lowest BCUT2D eigenvalue weighted by Gasteiger charge is -2.14. The standard InChI is InChI=1S/C13H17NO3S/c1-16-9-4-3-8-5-11(13(14)10(8)6-9)18-7-12(15)17-2/h3-4,6,11,13H,5,7,14H2,1-2H3. The molecular formula is C13H17NO3S. The quantitative estimate of drug-likeness (QED) is 0.838. The molecule has 0 amide bonds. The van der Waals surface area contributed by atoms with E-state index in [2.05, 4.69) is 4.74 Å². The lowest BCUT2D eigenvalue weighted by molar-refractivity contribution is -0.137. The van der Waals surface area contributed by atoms with E-state index in [9.17, 15) is 4.79 Å². The molecule has 0 fully saturated rings. The number of benzene rings is 1. The summed E-state index contributed by atoms with van der Waals surface area (Å²) in [6.07, 6.45) is 0.891. The number of hydrogen-bond donors (Lipinski definition) is 1. The highest BCUT2D eigenvalue weighted by Gasteiger charge is 2.30. The highest BCUT2D eigenvalue weighted by molar-refractivity contribution is 8.00. The van der Waals surface area contributed by atoms with Crippen LogP contribution in [0.1, 0.15) is 17.2 Å². The van der Waals surface area contributed by atoms with Crippen molar-refractivity contribution in [3.05, 3.63) is 29.3 Å². The Morgan fingerprint density at radius 3 is 2.94 bits per heavy atom. The molecule has 0 saturated heterocycles. The summed E-state index contributed by atoms with van der Waals surface area (Å²) in [6, 6.07) is 5.93. The van der Waals surface area contributed by atoms with Gasteiger partial charge in [-0.05, 0) is 29.7 Å². The zero-order valence-corrected chi connectivity index (χ0v) is 11.3. The van der Waals surface area contributed by atoms with Gasteiger partial charge in [0, 0.05) is 11.3 Å². The van der Waals surface area contributed by atoms with Gasteiger partial charge in [0.25, 0.3) is 0 Å². The highest BCUT2D eigenvalue weighted by atomic mass is 32.2. The van der Waals surface area contributed by atoms with Crippen LogP contribution in [0.25, 0.3) is 0 Å². The molecule has 0 radical (unpaired) electrons. The van der Waals surface area contributed by atoms with E-state index in [1.54, 1.807) is 18.9 Å². The molecule has 98 valence electrons. The predicted molar refractivity (Wildman–Crippen MR) is 71.9 cm³/mol.